The summed E-state index contributed by atoms with van der Waals surface area (Å²) < 4.78 is 0. The topological polar surface area (TPSA) is 63.8 Å². The van der Waals surface area contributed by atoms with Crippen LogP contribution >= 0.6 is 0 Å². The highest BCUT2D eigenvalue weighted by atomic mass is 15.2. The second-order valence-corrected chi connectivity index (χ2v) is 3.87. The molecule has 0 aliphatic heterocycles. The van der Waals surface area contributed by atoms with Gasteiger partial charge in [-0.2, -0.15) is 0 Å². The SMILES string of the molecule is Nc1ccc(NCC2CCCC2)nn1. The number of nitrogens with one attached hydrogen (secondary N) is 1. The van der Waals surface area contributed by atoms with Crippen LogP contribution in [-0.2, 0) is 0 Å². The molecule has 76 valence electrons. The number of hydrogen-bond donors (Lipinski definition) is 2. The molecule has 0 spiro atoms. The summed E-state index contributed by atoms with van der Waals surface area (Å²) in [6.45, 7) is 1.01. The van der Waals surface area contributed by atoms with Crippen molar-refractivity contribution in [2.24, 2.45) is 5.92 Å². The number of hydrogen-bond acceptors (Lipinski definition) is 4. The van der Waals surface area contributed by atoms with Crippen LogP contribution in [0.3, 0.4) is 0 Å². The number of nitrogens with zero attached hydrogens (tertiary/aromatic N) is 2. The fraction of sp³-hybridized carbons (Fsp3) is 0.600. The van der Waals surface area contributed by atoms with Gasteiger partial charge in [-0.1, -0.05) is 12.8 Å². The van der Waals surface area contributed by atoms with Crippen LogP contribution in [0.25, 0.3) is 0 Å². The summed E-state index contributed by atoms with van der Waals surface area (Å²) in [5.74, 6) is 2.11. The Morgan fingerprint density at radius 2 is 2.07 bits per heavy atom. The predicted octanol–water partition coefficient (Wildman–Crippen LogP) is 1.66. The summed E-state index contributed by atoms with van der Waals surface area (Å²) in [5.41, 5.74) is 5.44. The molecule has 0 amide bonds. The van der Waals surface area contributed by atoms with E-state index < -0.39 is 0 Å². The Morgan fingerprint density at radius 3 is 2.71 bits per heavy atom. The van der Waals surface area contributed by atoms with Crippen molar-refractivity contribution in [3.63, 3.8) is 0 Å². The molecule has 0 atom stereocenters. The van der Waals surface area contributed by atoms with Gasteiger partial charge in [0, 0.05) is 6.54 Å². The number of nitrogens with two attached hydrogens (primary N) is 1. The van der Waals surface area contributed by atoms with Gasteiger partial charge in [0.15, 0.2) is 0 Å². The zero-order chi connectivity index (χ0) is 9.80. The fourth-order valence-corrected chi connectivity index (χ4v) is 1.90. The number of anilines is 2. The largest absolute Gasteiger partial charge is 0.382 e. The standard InChI is InChI=1S/C10H16N4/c11-9-5-6-10(14-13-9)12-7-8-3-1-2-4-8/h5-6,8H,1-4,7H2,(H2,11,13)(H,12,14). The third kappa shape index (κ3) is 2.34. The van der Waals surface area contributed by atoms with Crippen LogP contribution in [-0.4, -0.2) is 16.7 Å². The van der Waals surface area contributed by atoms with Crippen molar-refractivity contribution in [3.8, 4) is 0 Å². The Bertz CT molecular complexity index is 277. The van der Waals surface area contributed by atoms with Gasteiger partial charge in [-0.05, 0) is 30.9 Å². The number of nitrogen functional groups attached to an aromatic ring is 1. The smallest absolute Gasteiger partial charge is 0.148 e. The Kier molecular flexibility index (Phi) is 2.81. The van der Waals surface area contributed by atoms with Crippen molar-refractivity contribution in [2.45, 2.75) is 25.7 Å². The van der Waals surface area contributed by atoms with Crippen LogP contribution in [0.5, 0.6) is 0 Å². The quantitative estimate of drug-likeness (QED) is 0.764. The number of aromatic nitrogens is 2. The van der Waals surface area contributed by atoms with E-state index in [1.54, 1.807) is 6.07 Å². The van der Waals surface area contributed by atoms with Gasteiger partial charge < -0.3 is 11.1 Å². The predicted molar refractivity (Wildman–Crippen MR) is 56.9 cm³/mol. The molecule has 1 saturated carbocycles. The monoisotopic (exact) mass is 192 g/mol. The molecule has 4 nitrogen and oxygen atoms in total. The molecule has 1 aliphatic rings. The van der Waals surface area contributed by atoms with Crippen molar-refractivity contribution in [1.82, 2.24) is 10.2 Å². The molecule has 0 radical (unpaired) electrons. The molecule has 2 rings (SSSR count). The van der Waals surface area contributed by atoms with E-state index in [-0.39, 0.29) is 0 Å². The van der Waals surface area contributed by atoms with E-state index in [4.69, 9.17) is 5.73 Å². The van der Waals surface area contributed by atoms with Gasteiger partial charge in [0.05, 0.1) is 0 Å². The first-order chi connectivity index (χ1) is 6.84. The van der Waals surface area contributed by atoms with Crippen molar-refractivity contribution >= 4 is 11.6 Å². The summed E-state index contributed by atoms with van der Waals surface area (Å²) >= 11 is 0. The lowest BCUT2D eigenvalue weighted by Crippen LogP contribution is -2.12. The molecule has 1 fully saturated rings. The van der Waals surface area contributed by atoms with Crippen molar-refractivity contribution in [1.29, 1.82) is 0 Å². The maximum atomic E-state index is 5.44. The third-order valence-electron chi connectivity index (χ3n) is 2.73. The highest BCUT2D eigenvalue weighted by molar-refractivity contribution is 5.38. The maximum Gasteiger partial charge on any atom is 0.148 e. The van der Waals surface area contributed by atoms with Gasteiger partial charge in [0.1, 0.15) is 11.6 Å². The Balaban J connectivity index is 1.82. The second-order valence-electron chi connectivity index (χ2n) is 3.87. The van der Waals surface area contributed by atoms with Crippen molar-refractivity contribution < 1.29 is 0 Å². The van der Waals surface area contributed by atoms with E-state index in [1.165, 1.54) is 25.7 Å². The van der Waals surface area contributed by atoms with Crippen molar-refractivity contribution in [3.05, 3.63) is 12.1 Å². The van der Waals surface area contributed by atoms with Gasteiger partial charge in [0.2, 0.25) is 0 Å². The summed E-state index contributed by atoms with van der Waals surface area (Å²) in [6, 6.07) is 3.64. The molecule has 0 aromatic carbocycles. The summed E-state index contributed by atoms with van der Waals surface area (Å²) in [4.78, 5) is 0. The van der Waals surface area contributed by atoms with Gasteiger partial charge in [0.25, 0.3) is 0 Å². The van der Waals surface area contributed by atoms with Crippen LogP contribution in [0.15, 0.2) is 12.1 Å². The minimum atomic E-state index is 0.469. The zero-order valence-corrected chi connectivity index (χ0v) is 8.24. The maximum absolute atomic E-state index is 5.44. The van der Waals surface area contributed by atoms with E-state index in [2.05, 4.69) is 15.5 Å². The molecular weight excluding hydrogens is 176 g/mol. The molecule has 0 bridgehead atoms. The van der Waals surface area contributed by atoms with Gasteiger partial charge >= 0.3 is 0 Å². The Hall–Kier alpha value is -1.32. The minimum Gasteiger partial charge on any atom is -0.382 e. The van der Waals surface area contributed by atoms with E-state index in [0.717, 1.165) is 18.3 Å². The molecule has 3 N–H and O–H groups in total. The lowest BCUT2D eigenvalue weighted by atomic mass is 10.1. The highest BCUT2D eigenvalue weighted by Gasteiger charge is 2.14. The van der Waals surface area contributed by atoms with E-state index in [9.17, 15) is 0 Å². The fourth-order valence-electron chi connectivity index (χ4n) is 1.90. The van der Waals surface area contributed by atoms with Crippen LogP contribution in [0.4, 0.5) is 11.6 Å². The average molecular weight is 192 g/mol. The van der Waals surface area contributed by atoms with Crippen LogP contribution in [0, 0.1) is 5.92 Å². The molecule has 1 aromatic rings. The first-order valence-electron chi connectivity index (χ1n) is 5.17. The zero-order valence-electron chi connectivity index (χ0n) is 8.24. The lowest BCUT2D eigenvalue weighted by molar-refractivity contribution is 0.578. The lowest BCUT2D eigenvalue weighted by Gasteiger charge is -2.10. The molecule has 0 saturated heterocycles. The second kappa shape index (κ2) is 4.26. The molecule has 4 heteroatoms. The molecule has 1 aliphatic carbocycles. The summed E-state index contributed by atoms with van der Waals surface area (Å²) in [5, 5.41) is 11.0. The third-order valence-corrected chi connectivity index (χ3v) is 2.73. The summed E-state index contributed by atoms with van der Waals surface area (Å²) in [7, 11) is 0. The number of rotatable bonds is 3. The minimum absolute atomic E-state index is 0.469. The normalized spacial score (nSPS) is 17.1. The summed E-state index contributed by atoms with van der Waals surface area (Å²) in [6.07, 6.45) is 5.43. The first kappa shape index (κ1) is 9.24. The van der Waals surface area contributed by atoms with Crippen molar-refractivity contribution in [2.75, 3.05) is 17.6 Å². The molecule has 14 heavy (non-hydrogen) atoms. The molecule has 0 unspecified atom stereocenters. The van der Waals surface area contributed by atoms with Crippen LogP contribution in [0.2, 0.25) is 0 Å². The molecule has 1 heterocycles. The van der Waals surface area contributed by atoms with Gasteiger partial charge in [-0.25, -0.2) is 0 Å². The Labute approximate surface area is 83.9 Å². The van der Waals surface area contributed by atoms with E-state index >= 15 is 0 Å². The van der Waals surface area contributed by atoms with Crippen LogP contribution in [0.1, 0.15) is 25.7 Å². The first-order valence-corrected chi connectivity index (χ1v) is 5.17. The average Bonchev–Trinajstić information content (AvgIpc) is 2.70. The molecule has 1 aromatic heterocycles. The van der Waals surface area contributed by atoms with Gasteiger partial charge in [-0.15, -0.1) is 10.2 Å². The van der Waals surface area contributed by atoms with E-state index in [0.29, 0.717) is 5.82 Å². The van der Waals surface area contributed by atoms with Gasteiger partial charge in [-0.3, -0.25) is 0 Å². The van der Waals surface area contributed by atoms with Crippen LogP contribution < -0.4 is 11.1 Å². The molecular formula is C10H16N4. The Morgan fingerprint density at radius 1 is 1.29 bits per heavy atom. The highest BCUT2D eigenvalue weighted by Crippen LogP contribution is 2.24. The van der Waals surface area contributed by atoms with E-state index in [1.807, 2.05) is 6.07 Å².